The lowest BCUT2D eigenvalue weighted by atomic mass is 9.89. The van der Waals surface area contributed by atoms with Crippen molar-refractivity contribution >= 4 is 22.7 Å². The number of nitrogens with two attached hydrogens (primary N) is 1. The fraction of sp³-hybridized carbons (Fsp3) is 0.211. The third-order valence-electron chi connectivity index (χ3n) is 4.43. The number of aliphatic carboxylic acids is 1. The summed E-state index contributed by atoms with van der Waals surface area (Å²) in [5.74, 6) is -2.20. The molecule has 0 bridgehead atoms. The molecule has 134 valence electrons. The maximum atomic E-state index is 11.9. The van der Waals surface area contributed by atoms with Crippen LogP contribution in [0.25, 0.3) is 10.8 Å². The fourth-order valence-corrected chi connectivity index (χ4v) is 3.18. The van der Waals surface area contributed by atoms with Crippen LogP contribution in [0.1, 0.15) is 29.9 Å². The molecule has 0 fully saturated rings. The first-order valence-corrected chi connectivity index (χ1v) is 8.25. The van der Waals surface area contributed by atoms with E-state index in [2.05, 4.69) is 9.97 Å². The Labute approximate surface area is 149 Å². The summed E-state index contributed by atoms with van der Waals surface area (Å²) in [4.78, 5) is 29.6. The van der Waals surface area contributed by atoms with Gasteiger partial charge in [0.15, 0.2) is 0 Å². The van der Waals surface area contributed by atoms with Gasteiger partial charge in [-0.2, -0.15) is 4.98 Å². The number of H-pyrrole nitrogens is 1. The van der Waals surface area contributed by atoms with Crippen molar-refractivity contribution in [3.63, 3.8) is 0 Å². The number of nitrogens with zero attached hydrogens (tertiary/aromatic N) is 1. The molecule has 0 saturated carbocycles. The van der Waals surface area contributed by atoms with Crippen LogP contribution in [-0.2, 0) is 11.2 Å². The molecule has 5 N–H and O–H groups in total. The van der Waals surface area contributed by atoms with Gasteiger partial charge in [0.1, 0.15) is 0 Å². The summed E-state index contributed by atoms with van der Waals surface area (Å²) in [5.41, 5.74) is 5.71. The minimum absolute atomic E-state index is 0.112. The van der Waals surface area contributed by atoms with Crippen LogP contribution >= 0.6 is 0 Å². The third kappa shape index (κ3) is 3.51. The molecule has 2 aromatic carbocycles. The molecule has 0 aliphatic rings. The van der Waals surface area contributed by atoms with E-state index in [0.29, 0.717) is 12.8 Å². The predicted octanol–water partition coefficient (Wildman–Crippen LogP) is 2.40. The van der Waals surface area contributed by atoms with Crippen LogP contribution in [0.2, 0.25) is 0 Å². The lowest BCUT2D eigenvalue weighted by Crippen LogP contribution is -2.17. The van der Waals surface area contributed by atoms with Crippen molar-refractivity contribution in [1.29, 1.82) is 0 Å². The summed E-state index contributed by atoms with van der Waals surface area (Å²) < 4.78 is 0. The van der Waals surface area contributed by atoms with Crippen LogP contribution in [0.5, 0.6) is 5.88 Å². The molecule has 0 saturated heterocycles. The lowest BCUT2D eigenvalue weighted by Gasteiger charge is -2.15. The van der Waals surface area contributed by atoms with Crippen LogP contribution in [-0.4, -0.2) is 26.2 Å². The Balaban J connectivity index is 1.82. The fourth-order valence-electron chi connectivity index (χ4n) is 3.18. The molecule has 0 radical (unpaired) electrons. The van der Waals surface area contributed by atoms with Gasteiger partial charge in [-0.05, 0) is 35.6 Å². The molecule has 1 heterocycles. The molecular formula is C19H19N3O4. The van der Waals surface area contributed by atoms with Gasteiger partial charge in [-0.15, -0.1) is 0 Å². The number of nitrogens with one attached hydrogen (secondary N) is 1. The number of nitrogen functional groups attached to an aromatic ring is 1. The van der Waals surface area contributed by atoms with Crippen molar-refractivity contribution in [2.45, 2.75) is 25.2 Å². The predicted molar refractivity (Wildman–Crippen MR) is 98.2 cm³/mol. The number of fused-ring (bicyclic) bond motifs is 1. The van der Waals surface area contributed by atoms with E-state index in [1.165, 1.54) is 0 Å². The highest BCUT2D eigenvalue weighted by Crippen LogP contribution is 2.29. The largest absolute Gasteiger partial charge is 0.493 e. The molecule has 1 aromatic heterocycles. The second-order valence-electron chi connectivity index (χ2n) is 6.10. The number of carboxylic acid groups (broad SMARTS) is 1. The molecule has 3 aromatic rings. The first kappa shape index (κ1) is 17.5. The van der Waals surface area contributed by atoms with Gasteiger partial charge in [0.2, 0.25) is 11.8 Å². The van der Waals surface area contributed by atoms with E-state index in [9.17, 15) is 19.8 Å². The van der Waals surface area contributed by atoms with Gasteiger partial charge in [-0.1, -0.05) is 42.5 Å². The molecule has 1 atom stereocenters. The minimum Gasteiger partial charge on any atom is -0.493 e. The normalized spacial score (nSPS) is 12.2. The Morgan fingerprint density at radius 2 is 1.92 bits per heavy atom. The monoisotopic (exact) mass is 353 g/mol. The molecule has 7 heteroatoms. The number of anilines is 1. The zero-order valence-corrected chi connectivity index (χ0v) is 14.0. The molecule has 0 unspecified atom stereocenters. The van der Waals surface area contributed by atoms with Gasteiger partial charge in [0.25, 0.3) is 5.56 Å². The number of hydrogen-bond acceptors (Lipinski definition) is 5. The van der Waals surface area contributed by atoms with Gasteiger partial charge in [-0.3, -0.25) is 14.6 Å². The Bertz CT molecular complexity index is 1010. The SMILES string of the molecule is Nc1nc(O)c(CCC[C@H](C(=O)O)c2cccc3ccccc23)c(=O)[nH]1. The zero-order chi connectivity index (χ0) is 18.7. The van der Waals surface area contributed by atoms with Crippen molar-refractivity contribution in [2.75, 3.05) is 5.73 Å². The quantitative estimate of drug-likeness (QED) is 0.538. The smallest absolute Gasteiger partial charge is 0.310 e. The maximum Gasteiger partial charge on any atom is 0.310 e. The molecule has 0 spiro atoms. The van der Waals surface area contributed by atoms with E-state index < -0.39 is 23.3 Å². The zero-order valence-electron chi connectivity index (χ0n) is 14.0. The van der Waals surface area contributed by atoms with E-state index in [1.807, 2.05) is 42.5 Å². The highest BCUT2D eigenvalue weighted by Gasteiger charge is 2.22. The number of aromatic amines is 1. The molecule has 7 nitrogen and oxygen atoms in total. The van der Waals surface area contributed by atoms with Crippen molar-refractivity contribution in [1.82, 2.24) is 9.97 Å². The van der Waals surface area contributed by atoms with Gasteiger partial charge < -0.3 is 15.9 Å². The first-order valence-electron chi connectivity index (χ1n) is 8.25. The van der Waals surface area contributed by atoms with Gasteiger partial charge >= 0.3 is 5.97 Å². The Morgan fingerprint density at radius 3 is 2.65 bits per heavy atom. The summed E-state index contributed by atoms with van der Waals surface area (Å²) in [6.07, 6.45) is 0.942. The van der Waals surface area contributed by atoms with Gasteiger partial charge in [-0.25, -0.2) is 0 Å². The first-order chi connectivity index (χ1) is 12.5. The molecule has 0 aliphatic heterocycles. The number of carboxylic acids is 1. The molecular weight excluding hydrogens is 334 g/mol. The number of aromatic nitrogens is 2. The maximum absolute atomic E-state index is 11.9. The van der Waals surface area contributed by atoms with Gasteiger partial charge in [0.05, 0.1) is 11.5 Å². The molecule has 0 aliphatic carbocycles. The molecule has 3 rings (SSSR count). The van der Waals surface area contributed by atoms with Crippen LogP contribution in [0, 0.1) is 0 Å². The van der Waals surface area contributed by atoms with Crippen LogP contribution in [0.15, 0.2) is 47.3 Å². The van der Waals surface area contributed by atoms with E-state index in [4.69, 9.17) is 5.73 Å². The van der Waals surface area contributed by atoms with Crippen LogP contribution in [0.3, 0.4) is 0 Å². The Hall–Kier alpha value is -3.35. The highest BCUT2D eigenvalue weighted by atomic mass is 16.4. The van der Waals surface area contributed by atoms with E-state index in [1.54, 1.807) is 0 Å². The number of rotatable bonds is 6. The summed E-state index contributed by atoms with van der Waals surface area (Å²) in [5, 5.41) is 21.3. The number of aromatic hydroxyl groups is 1. The summed E-state index contributed by atoms with van der Waals surface area (Å²) in [6, 6.07) is 13.2. The number of benzene rings is 2. The van der Waals surface area contributed by atoms with Crippen molar-refractivity contribution in [3.8, 4) is 5.88 Å². The number of hydrogen-bond donors (Lipinski definition) is 4. The van der Waals surface area contributed by atoms with Crippen molar-refractivity contribution < 1.29 is 15.0 Å². The Morgan fingerprint density at radius 1 is 1.19 bits per heavy atom. The van der Waals surface area contributed by atoms with Crippen LogP contribution in [0.4, 0.5) is 5.95 Å². The molecule has 0 amide bonds. The van der Waals surface area contributed by atoms with E-state index in [0.717, 1.165) is 16.3 Å². The second-order valence-corrected chi connectivity index (χ2v) is 6.10. The number of carbonyl (C=O) groups is 1. The topological polar surface area (TPSA) is 129 Å². The van der Waals surface area contributed by atoms with E-state index in [-0.39, 0.29) is 17.9 Å². The average Bonchev–Trinajstić information content (AvgIpc) is 2.60. The van der Waals surface area contributed by atoms with Crippen molar-refractivity contribution in [2.24, 2.45) is 0 Å². The third-order valence-corrected chi connectivity index (χ3v) is 4.43. The second kappa shape index (κ2) is 7.26. The molecule has 26 heavy (non-hydrogen) atoms. The minimum atomic E-state index is -0.921. The summed E-state index contributed by atoms with van der Waals surface area (Å²) >= 11 is 0. The highest BCUT2D eigenvalue weighted by molar-refractivity contribution is 5.90. The lowest BCUT2D eigenvalue weighted by molar-refractivity contribution is -0.139. The summed E-state index contributed by atoms with van der Waals surface area (Å²) in [7, 11) is 0. The van der Waals surface area contributed by atoms with Crippen molar-refractivity contribution in [3.05, 3.63) is 63.9 Å². The standard InChI is InChI=1S/C19H19N3O4/c20-19-21-16(23)15(17(24)22-19)10-4-9-14(18(25)26)13-8-3-6-11-5-1-2-7-12(11)13/h1-3,5-8,14H,4,9-10H2,(H,25,26)(H4,20,21,22,23,24)/t14-/m0/s1. The van der Waals surface area contributed by atoms with Crippen LogP contribution < -0.4 is 11.3 Å². The van der Waals surface area contributed by atoms with Gasteiger partial charge in [0, 0.05) is 0 Å². The Kier molecular flexibility index (Phi) is 4.88. The summed E-state index contributed by atoms with van der Waals surface area (Å²) in [6.45, 7) is 0. The average molecular weight is 353 g/mol. The van der Waals surface area contributed by atoms with E-state index >= 15 is 0 Å².